The number of nitrogens with one attached hydrogen (secondary N) is 1. The molecule has 0 bridgehead atoms. The second-order valence-electron chi connectivity index (χ2n) is 4.05. The Kier molecular flexibility index (Phi) is 4.10. The number of benzene rings is 2. The number of rotatable bonds is 3. The van der Waals surface area contributed by atoms with E-state index in [9.17, 15) is 4.39 Å². The molecule has 0 saturated carbocycles. The molecular formula is C14H12Cl2FN. The van der Waals surface area contributed by atoms with Gasteiger partial charge in [-0.25, -0.2) is 4.39 Å². The summed E-state index contributed by atoms with van der Waals surface area (Å²) in [5, 5.41) is 4.32. The van der Waals surface area contributed by atoms with E-state index in [4.69, 9.17) is 23.2 Å². The van der Waals surface area contributed by atoms with Crippen molar-refractivity contribution in [1.82, 2.24) is 0 Å². The average molecular weight is 284 g/mol. The van der Waals surface area contributed by atoms with E-state index in [1.165, 1.54) is 6.07 Å². The second kappa shape index (κ2) is 5.59. The lowest BCUT2D eigenvalue weighted by Gasteiger charge is -2.09. The zero-order chi connectivity index (χ0) is 13.1. The van der Waals surface area contributed by atoms with E-state index in [0.717, 1.165) is 11.3 Å². The summed E-state index contributed by atoms with van der Waals surface area (Å²) in [7, 11) is 0. The van der Waals surface area contributed by atoms with Crippen molar-refractivity contribution in [2.24, 2.45) is 0 Å². The minimum atomic E-state index is -0.220. The molecule has 2 aromatic rings. The molecule has 0 aromatic heterocycles. The van der Waals surface area contributed by atoms with Crippen molar-refractivity contribution in [2.75, 3.05) is 5.32 Å². The van der Waals surface area contributed by atoms with E-state index in [1.807, 2.05) is 12.1 Å². The van der Waals surface area contributed by atoms with E-state index >= 15 is 0 Å². The molecule has 2 aromatic carbocycles. The van der Waals surface area contributed by atoms with Crippen LogP contribution in [0.2, 0.25) is 10.0 Å². The SMILES string of the molecule is Cc1ccc(NCc2ccc(Cl)cc2Cl)cc1F. The molecule has 0 unspecified atom stereocenters. The summed E-state index contributed by atoms with van der Waals surface area (Å²) in [6, 6.07) is 10.4. The van der Waals surface area contributed by atoms with Crippen LogP contribution in [-0.4, -0.2) is 0 Å². The normalized spacial score (nSPS) is 10.4. The minimum absolute atomic E-state index is 0.220. The van der Waals surface area contributed by atoms with Crippen molar-refractivity contribution >= 4 is 28.9 Å². The quantitative estimate of drug-likeness (QED) is 0.831. The van der Waals surface area contributed by atoms with Gasteiger partial charge in [0.2, 0.25) is 0 Å². The van der Waals surface area contributed by atoms with E-state index in [0.29, 0.717) is 22.2 Å². The Morgan fingerprint density at radius 3 is 2.56 bits per heavy atom. The van der Waals surface area contributed by atoms with Gasteiger partial charge in [0.25, 0.3) is 0 Å². The van der Waals surface area contributed by atoms with Crippen molar-refractivity contribution in [3.8, 4) is 0 Å². The van der Waals surface area contributed by atoms with Gasteiger partial charge in [0.1, 0.15) is 5.82 Å². The molecule has 18 heavy (non-hydrogen) atoms. The molecule has 0 aliphatic rings. The van der Waals surface area contributed by atoms with Gasteiger partial charge in [-0.05, 0) is 42.3 Å². The van der Waals surface area contributed by atoms with Gasteiger partial charge < -0.3 is 5.32 Å². The first-order valence-corrected chi connectivity index (χ1v) is 6.26. The predicted octanol–water partition coefficient (Wildman–Crippen LogP) is 5.05. The molecule has 0 fully saturated rings. The van der Waals surface area contributed by atoms with Crippen LogP contribution in [0.15, 0.2) is 36.4 Å². The highest BCUT2D eigenvalue weighted by Crippen LogP contribution is 2.22. The molecule has 0 aliphatic heterocycles. The first-order valence-electron chi connectivity index (χ1n) is 5.50. The summed E-state index contributed by atoms with van der Waals surface area (Å²) in [4.78, 5) is 0. The zero-order valence-corrected chi connectivity index (χ0v) is 11.3. The van der Waals surface area contributed by atoms with Crippen molar-refractivity contribution in [2.45, 2.75) is 13.5 Å². The maximum Gasteiger partial charge on any atom is 0.128 e. The fraction of sp³-hybridized carbons (Fsp3) is 0.143. The van der Waals surface area contributed by atoms with Crippen LogP contribution in [0.3, 0.4) is 0 Å². The molecule has 0 saturated heterocycles. The molecule has 0 amide bonds. The summed E-state index contributed by atoms with van der Waals surface area (Å²) < 4.78 is 13.4. The van der Waals surface area contributed by atoms with Crippen LogP contribution < -0.4 is 5.32 Å². The lowest BCUT2D eigenvalue weighted by Crippen LogP contribution is -2.00. The number of hydrogen-bond acceptors (Lipinski definition) is 1. The van der Waals surface area contributed by atoms with Crippen LogP contribution in [0.1, 0.15) is 11.1 Å². The van der Waals surface area contributed by atoms with Crippen LogP contribution in [0, 0.1) is 12.7 Å². The summed E-state index contributed by atoms with van der Waals surface area (Å²) in [5.74, 6) is -0.220. The Balaban J connectivity index is 2.09. The fourth-order valence-corrected chi connectivity index (χ4v) is 2.04. The van der Waals surface area contributed by atoms with E-state index < -0.39 is 0 Å². The third-order valence-electron chi connectivity index (χ3n) is 2.67. The molecule has 1 nitrogen and oxygen atoms in total. The smallest absolute Gasteiger partial charge is 0.128 e. The van der Waals surface area contributed by atoms with Gasteiger partial charge in [-0.2, -0.15) is 0 Å². The van der Waals surface area contributed by atoms with Gasteiger partial charge in [-0.15, -0.1) is 0 Å². The maximum absolute atomic E-state index is 13.4. The molecule has 0 radical (unpaired) electrons. The average Bonchev–Trinajstić information content (AvgIpc) is 2.32. The highest BCUT2D eigenvalue weighted by Gasteiger charge is 2.03. The predicted molar refractivity (Wildman–Crippen MR) is 74.9 cm³/mol. The zero-order valence-electron chi connectivity index (χ0n) is 9.81. The topological polar surface area (TPSA) is 12.0 Å². The summed E-state index contributed by atoms with van der Waals surface area (Å²) >= 11 is 11.9. The molecule has 0 spiro atoms. The van der Waals surface area contributed by atoms with Crippen molar-refractivity contribution in [3.63, 3.8) is 0 Å². The first-order chi connectivity index (χ1) is 8.56. The molecule has 0 aliphatic carbocycles. The molecule has 94 valence electrons. The van der Waals surface area contributed by atoms with Gasteiger partial charge >= 0.3 is 0 Å². The molecule has 4 heteroatoms. The molecular weight excluding hydrogens is 272 g/mol. The largest absolute Gasteiger partial charge is 0.381 e. The van der Waals surface area contributed by atoms with Crippen LogP contribution in [0.4, 0.5) is 10.1 Å². The highest BCUT2D eigenvalue weighted by atomic mass is 35.5. The number of anilines is 1. The molecule has 0 heterocycles. The van der Waals surface area contributed by atoms with Gasteiger partial charge in [0.15, 0.2) is 0 Å². The monoisotopic (exact) mass is 283 g/mol. The van der Waals surface area contributed by atoms with Gasteiger partial charge in [-0.1, -0.05) is 35.3 Å². The van der Waals surface area contributed by atoms with Crippen LogP contribution in [0.25, 0.3) is 0 Å². The Bertz CT molecular complexity index is 570. The third-order valence-corrected chi connectivity index (χ3v) is 3.26. The number of hydrogen-bond donors (Lipinski definition) is 1. The van der Waals surface area contributed by atoms with E-state index in [1.54, 1.807) is 25.1 Å². The van der Waals surface area contributed by atoms with Crippen molar-refractivity contribution < 1.29 is 4.39 Å². The number of halogens is 3. The maximum atomic E-state index is 13.4. The number of aryl methyl sites for hydroxylation is 1. The lowest BCUT2D eigenvalue weighted by molar-refractivity contribution is 0.619. The van der Waals surface area contributed by atoms with Crippen molar-refractivity contribution in [1.29, 1.82) is 0 Å². The first kappa shape index (κ1) is 13.2. The molecule has 0 atom stereocenters. The second-order valence-corrected chi connectivity index (χ2v) is 4.90. The van der Waals surface area contributed by atoms with Crippen molar-refractivity contribution in [3.05, 3.63) is 63.4 Å². The Morgan fingerprint density at radius 1 is 1.11 bits per heavy atom. The Morgan fingerprint density at radius 2 is 1.89 bits per heavy atom. The summed E-state index contributed by atoms with van der Waals surface area (Å²) in [5.41, 5.74) is 2.27. The highest BCUT2D eigenvalue weighted by molar-refractivity contribution is 6.35. The molecule has 2 rings (SSSR count). The minimum Gasteiger partial charge on any atom is -0.381 e. The third kappa shape index (κ3) is 3.15. The summed E-state index contributed by atoms with van der Waals surface area (Å²) in [6.45, 7) is 2.26. The standard InChI is InChI=1S/C14H12Cl2FN/c1-9-2-5-12(7-14(9)17)18-8-10-3-4-11(15)6-13(10)16/h2-7,18H,8H2,1H3. The summed E-state index contributed by atoms with van der Waals surface area (Å²) in [6.07, 6.45) is 0. The lowest BCUT2D eigenvalue weighted by atomic mass is 10.2. The van der Waals surface area contributed by atoms with Gasteiger partial charge in [0, 0.05) is 22.3 Å². The van der Waals surface area contributed by atoms with E-state index in [-0.39, 0.29) is 5.82 Å². The van der Waals surface area contributed by atoms with E-state index in [2.05, 4.69) is 5.32 Å². The molecule has 1 N–H and O–H groups in total. The van der Waals surface area contributed by atoms with Crippen LogP contribution in [0.5, 0.6) is 0 Å². The Hall–Kier alpha value is -1.25. The van der Waals surface area contributed by atoms with Crippen LogP contribution in [-0.2, 0) is 6.54 Å². The van der Waals surface area contributed by atoms with Gasteiger partial charge in [0.05, 0.1) is 0 Å². The van der Waals surface area contributed by atoms with Gasteiger partial charge in [-0.3, -0.25) is 0 Å². The van der Waals surface area contributed by atoms with Crippen LogP contribution >= 0.6 is 23.2 Å². The Labute approximate surface area is 116 Å². The fourth-order valence-electron chi connectivity index (χ4n) is 1.57.